The molecule has 0 amide bonds. The summed E-state index contributed by atoms with van der Waals surface area (Å²) in [6.45, 7) is 12.9. The topological polar surface area (TPSA) is 29.9 Å². The molecule has 0 aliphatic rings. The summed E-state index contributed by atoms with van der Waals surface area (Å²) < 4.78 is 1.98. The van der Waals surface area contributed by atoms with E-state index in [-0.39, 0.29) is 5.41 Å². The first kappa shape index (κ1) is 12.2. The predicted molar refractivity (Wildman–Crippen MR) is 63.8 cm³/mol. The van der Waals surface area contributed by atoms with Gasteiger partial charge in [-0.1, -0.05) is 27.7 Å². The minimum absolute atomic E-state index is 0.220. The lowest BCUT2D eigenvalue weighted by atomic mass is 9.83. The first-order chi connectivity index (χ1) is 6.99. The minimum Gasteiger partial charge on any atom is -0.310 e. The summed E-state index contributed by atoms with van der Waals surface area (Å²) in [6, 6.07) is 0.378. The SMILES string of the molecule is CCNC(c1cnn(CC)c1)C(C)(C)C. The Morgan fingerprint density at radius 1 is 1.40 bits per heavy atom. The second-order valence-corrected chi connectivity index (χ2v) is 4.99. The van der Waals surface area contributed by atoms with Crippen LogP contribution in [0, 0.1) is 5.41 Å². The van der Waals surface area contributed by atoms with E-state index in [1.807, 2.05) is 10.9 Å². The van der Waals surface area contributed by atoms with Crippen molar-refractivity contribution in [2.45, 2.75) is 47.2 Å². The van der Waals surface area contributed by atoms with Crippen LogP contribution in [0.15, 0.2) is 12.4 Å². The summed E-state index contributed by atoms with van der Waals surface area (Å²) in [5.74, 6) is 0. The Kier molecular flexibility index (Phi) is 3.91. The van der Waals surface area contributed by atoms with E-state index < -0.39 is 0 Å². The molecule has 0 spiro atoms. The molecule has 1 rings (SSSR count). The van der Waals surface area contributed by atoms with Gasteiger partial charge in [0.2, 0.25) is 0 Å². The van der Waals surface area contributed by atoms with E-state index in [0.29, 0.717) is 6.04 Å². The molecule has 15 heavy (non-hydrogen) atoms. The van der Waals surface area contributed by atoms with Gasteiger partial charge in [0.1, 0.15) is 0 Å². The molecule has 0 aliphatic carbocycles. The molecule has 0 fully saturated rings. The molecule has 0 saturated carbocycles. The van der Waals surface area contributed by atoms with Crippen LogP contribution in [-0.4, -0.2) is 16.3 Å². The van der Waals surface area contributed by atoms with Crippen LogP contribution in [0.4, 0.5) is 0 Å². The number of nitrogens with one attached hydrogen (secondary N) is 1. The largest absolute Gasteiger partial charge is 0.310 e. The zero-order valence-corrected chi connectivity index (χ0v) is 10.5. The van der Waals surface area contributed by atoms with Gasteiger partial charge in [0.15, 0.2) is 0 Å². The van der Waals surface area contributed by atoms with Crippen LogP contribution in [-0.2, 0) is 6.54 Å². The molecule has 1 unspecified atom stereocenters. The highest BCUT2D eigenvalue weighted by atomic mass is 15.3. The summed E-state index contributed by atoms with van der Waals surface area (Å²) >= 11 is 0. The lowest BCUT2D eigenvalue weighted by Gasteiger charge is -2.30. The van der Waals surface area contributed by atoms with Crippen molar-refractivity contribution < 1.29 is 0 Å². The van der Waals surface area contributed by atoms with Crippen molar-refractivity contribution >= 4 is 0 Å². The van der Waals surface area contributed by atoms with E-state index in [9.17, 15) is 0 Å². The Bertz CT molecular complexity index is 296. The third-order valence-corrected chi connectivity index (χ3v) is 2.58. The van der Waals surface area contributed by atoms with Crippen LogP contribution in [0.5, 0.6) is 0 Å². The van der Waals surface area contributed by atoms with Gasteiger partial charge >= 0.3 is 0 Å². The molecule has 0 aliphatic heterocycles. The van der Waals surface area contributed by atoms with Gasteiger partial charge in [0.25, 0.3) is 0 Å². The fourth-order valence-corrected chi connectivity index (χ4v) is 1.83. The fraction of sp³-hybridized carbons (Fsp3) is 0.750. The maximum absolute atomic E-state index is 4.33. The second kappa shape index (κ2) is 4.79. The Hall–Kier alpha value is -0.830. The lowest BCUT2D eigenvalue weighted by molar-refractivity contribution is 0.276. The van der Waals surface area contributed by atoms with Crippen molar-refractivity contribution in [3.05, 3.63) is 18.0 Å². The van der Waals surface area contributed by atoms with Crippen LogP contribution in [0.2, 0.25) is 0 Å². The van der Waals surface area contributed by atoms with Crippen LogP contribution >= 0.6 is 0 Å². The molecule has 1 N–H and O–H groups in total. The van der Waals surface area contributed by atoms with Crippen LogP contribution in [0.25, 0.3) is 0 Å². The van der Waals surface area contributed by atoms with Crippen molar-refractivity contribution in [2.24, 2.45) is 5.41 Å². The molecule has 86 valence electrons. The summed E-state index contributed by atoms with van der Waals surface area (Å²) in [7, 11) is 0. The molecular weight excluding hydrogens is 186 g/mol. The molecule has 0 aromatic carbocycles. The molecule has 0 saturated heterocycles. The Labute approximate surface area is 92.9 Å². The smallest absolute Gasteiger partial charge is 0.0537 e. The highest BCUT2D eigenvalue weighted by Crippen LogP contribution is 2.32. The van der Waals surface area contributed by atoms with Crippen LogP contribution < -0.4 is 5.32 Å². The number of rotatable bonds is 4. The van der Waals surface area contributed by atoms with Gasteiger partial charge in [-0.2, -0.15) is 5.10 Å². The van der Waals surface area contributed by atoms with E-state index in [1.165, 1.54) is 5.56 Å². The summed E-state index contributed by atoms with van der Waals surface area (Å²) in [4.78, 5) is 0. The zero-order valence-electron chi connectivity index (χ0n) is 10.5. The molecule has 0 bridgehead atoms. The maximum Gasteiger partial charge on any atom is 0.0537 e. The number of aryl methyl sites for hydroxylation is 1. The first-order valence-electron chi connectivity index (χ1n) is 5.74. The molecular formula is C12H23N3. The van der Waals surface area contributed by atoms with E-state index in [2.05, 4.69) is 51.2 Å². The van der Waals surface area contributed by atoms with Gasteiger partial charge in [-0.3, -0.25) is 4.68 Å². The number of aromatic nitrogens is 2. The Morgan fingerprint density at radius 3 is 2.47 bits per heavy atom. The molecule has 1 atom stereocenters. The fourth-order valence-electron chi connectivity index (χ4n) is 1.83. The Morgan fingerprint density at radius 2 is 2.07 bits per heavy atom. The lowest BCUT2D eigenvalue weighted by Crippen LogP contribution is -2.31. The number of nitrogens with zero attached hydrogens (tertiary/aromatic N) is 2. The average molecular weight is 209 g/mol. The summed E-state index contributed by atoms with van der Waals surface area (Å²) in [5.41, 5.74) is 1.50. The van der Waals surface area contributed by atoms with Gasteiger partial charge in [-0.25, -0.2) is 0 Å². The highest BCUT2D eigenvalue weighted by Gasteiger charge is 2.26. The number of hydrogen-bond donors (Lipinski definition) is 1. The third kappa shape index (κ3) is 3.06. The van der Waals surface area contributed by atoms with Gasteiger partial charge in [0.05, 0.1) is 6.20 Å². The average Bonchev–Trinajstić information content (AvgIpc) is 2.60. The summed E-state index contributed by atoms with van der Waals surface area (Å²) in [5, 5.41) is 7.85. The normalized spacial score (nSPS) is 14.2. The molecule has 1 aromatic heterocycles. The van der Waals surface area contributed by atoms with Gasteiger partial charge < -0.3 is 5.32 Å². The van der Waals surface area contributed by atoms with Gasteiger partial charge in [-0.05, 0) is 18.9 Å². The minimum atomic E-state index is 0.220. The predicted octanol–water partition coefficient (Wildman–Crippen LogP) is 2.60. The second-order valence-electron chi connectivity index (χ2n) is 4.99. The highest BCUT2D eigenvalue weighted by molar-refractivity contribution is 5.13. The molecule has 0 radical (unpaired) electrons. The monoisotopic (exact) mass is 209 g/mol. The molecule has 3 heteroatoms. The summed E-state index contributed by atoms with van der Waals surface area (Å²) in [6.07, 6.45) is 4.11. The van der Waals surface area contributed by atoms with Crippen LogP contribution in [0.3, 0.4) is 0 Å². The van der Waals surface area contributed by atoms with Crippen molar-refractivity contribution in [3.8, 4) is 0 Å². The quantitative estimate of drug-likeness (QED) is 0.826. The maximum atomic E-state index is 4.33. The first-order valence-corrected chi connectivity index (χ1v) is 5.74. The van der Waals surface area contributed by atoms with E-state index in [1.54, 1.807) is 0 Å². The van der Waals surface area contributed by atoms with Crippen molar-refractivity contribution in [2.75, 3.05) is 6.54 Å². The molecule has 1 aromatic rings. The molecule has 3 nitrogen and oxygen atoms in total. The Balaban J connectivity index is 2.88. The van der Waals surface area contributed by atoms with Gasteiger partial charge in [-0.15, -0.1) is 0 Å². The van der Waals surface area contributed by atoms with E-state index in [0.717, 1.165) is 13.1 Å². The van der Waals surface area contributed by atoms with Crippen LogP contribution in [0.1, 0.15) is 46.2 Å². The standard InChI is InChI=1S/C12H23N3/c1-6-13-11(12(3,4)5)10-8-14-15(7-2)9-10/h8-9,11,13H,6-7H2,1-5H3. The van der Waals surface area contributed by atoms with Crippen molar-refractivity contribution in [3.63, 3.8) is 0 Å². The van der Waals surface area contributed by atoms with Crippen molar-refractivity contribution in [1.29, 1.82) is 0 Å². The number of hydrogen-bond acceptors (Lipinski definition) is 2. The van der Waals surface area contributed by atoms with Crippen molar-refractivity contribution in [1.82, 2.24) is 15.1 Å². The van der Waals surface area contributed by atoms with Gasteiger partial charge in [0, 0.05) is 24.3 Å². The van der Waals surface area contributed by atoms with E-state index >= 15 is 0 Å². The third-order valence-electron chi connectivity index (χ3n) is 2.58. The van der Waals surface area contributed by atoms with E-state index in [4.69, 9.17) is 0 Å². The molecule has 1 heterocycles. The zero-order chi connectivity index (χ0) is 11.5.